The third-order valence-corrected chi connectivity index (χ3v) is 5.45. The standard InChI is InChI=1S/C25H26N4O4/c30-22-10-4-5-15-29(22)23(18-7-2-1-3-8-18)24(31)27-19-11-13-20(14-12-19)28-25(32)26-17-21-9-6-16-33-21/h1-3,6-9,11-14,16,23H,4-5,10,15,17H2,(H,27,31)(H2,26,28,32). The number of nitrogens with one attached hydrogen (secondary N) is 3. The molecule has 1 saturated heterocycles. The first-order valence-corrected chi connectivity index (χ1v) is 10.9. The molecule has 3 aromatic rings. The molecule has 1 aromatic heterocycles. The molecule has 0 aliphatic carbocycles. The van der Waals surface area contributed by atoms with Crippen molar-refractivity contribution in [1.29, 1.82) is 0 Å². The summed E-state index contributed by atoms with van der Waals surface area (Å²) in [6.45, 7) is 0.838. The van der Waals surface area contributed by atoms with E-state index in [1.165, 1.54) is 0 Å². The Kier molecular flexibility index (Phi) is 7.04. The van der Waals surface area contributed by atoms with E-state index in [1.54, 1.807) is 47.6 Å². The fourth-order valence-corrected chi connectivity index (χ4v) is 3.81. The molecule has 1 unspecified atom stereocenters. The molecule has 4 rings (SSSR count). The third-order valence-electron chi connectivity index (χ3n) is 5.45. The zero-order valence-electron chi connectivity index (χ0n) is 18.1. The summed E-state index contributed by atoms with van der Waals surface area (Å²) in [5.41, 5.74) is 1.93. The average molecular weight is 447 g/mol. The van der Waals surface area contributed by atoms with Crippen LogP contribution in [0.5, 0.6) is 0 Å². The van der Waals surface area contributed by atoms with Crippen molar-refractivity contribution >= 4 is 29.2 Å². The molecule has 0 spiro atoms. The minimum atomic E-state index is -0.691. The lowest BCUT2D eigenvalue weighted by Gasteiger charge is -2.34. The smallest absolute Gasteiger partial charge is 0.319 e. The largest absolute Gasteiger partial charge is 0.467 e. The molecule has 0 saturated carbocycles. The molecule has 3 N–H and O–H groups in total. The first kappa shape index (κ1) is 22.1. The van der Waals surface area contributed by atoms with E-state index in [9.17, 15) is 14.4 Å². The van der Waals surface area contributed by atoms with Crippen LogP contribution in [0.3, 0.4) is 0 Å². The van der Waals surface area contributed by atoms with Gasteiger partial charge in [0.05, 0.1) is 12.8 Å². The molecule has 170 valence electrons. The van der Waals surface area contributed by atoms with Crippen molar-refractivity contribution < 1.29 is 18.8 Å². The minimum absolute atomic E-state index is 0.00892. The van der Waals surface area contributed by atoms with E-state index in [0.29, 0.717) is 30.1 Å². The first-order valence-electron chi connectivity index (χ1n) is 10.9. The van der Waals surface area contributed by atoms with Gasteiger partial charge in [-0.15, -0.1) is 0 Å². The number of benzene rings is 2. The van der Waals surface area contributed by atoms with Crippen LogP contribution in [0.4, 0.5) is 16.2 Å². The van der Waals surface area contributed by atoms with Crippen molar-refractivity contribution in [2.75, 3.05) is 17.2 Å². The SMILES string of the molecule is O=C(NCc1ccco1)Nc1ccc(NC(=O)C(c2ccccc2)N2CCCCC2=O)cc1. The molecule has 2 aromatic carbocycles. The van der Waals surface area contributed by atoms with E-state index in [0.717, 1.165) is 18.4 Å². The molecule has 1 atom stereocenters. The fourth-order valence-electron chi connectivity index (χ4n) is 3.81. The summed E-state index contributed by atoms with van der Waals surface area (Å²) in [6, 6.07) is 18.6. The molecule has 8 nitrogen and oxygen atoms in total. The second-order valence-electron chi connectivity index (χ2n) is 7.81. The molecule has 1 aliphatic rings. The van der Waals surface area contributed by atoms with Gasteiger partial charge in [0, 0.05) is 24.3 Å². The summed E-state index contributed by atoms with van der Waals surface area (Å²) >= 11 is 0. The maximum absolute atomic E-state index is 13.2. The Hall–Kier alpha value is -4.07. The highest BCUT2D eigenvalue weighted by molar-refractivity contribution is 5.98. The van der Waals surface area contributed by atoms with Gasteiger partial charge in [-0.1, -0.05) is 30.3 Å². The average Bonchev–Trinajstić information content (AvgIpc) is 3.35. The highest BCUT2D eigenvalue weighted by Crippen LogP contribution is 2.27. The van der Waals surface area contributed by atoms with Crippen molar-refractivity contribution in [3.8, 4) is 0 Å². The Labute approximate surface area is 192 Å². The highest BCUT2D eigenvalue weighted by Gasteiger charge is 2.32. The minimum Gasteiger partial charge on any atom is -0.467 e. The van der Waals surface area contributed by atoms with Crippen LogP contribution in [-0.2, 0) is 16.1 Å². The number of anilines is 2. The maximum atomic E-state index is 13.2. The van der Waals surface area contributed by atoms with Gasteiger partial charge in [0.1, 0.15) is 11.8 Å². The predicted molar refractivity (Wildman–Crippen MR) is 124 cm³/mol. The molecule has 8 heteroatoms. The maximum Gasteiger partial charge on any atom is 0.319 e. The quantitative estimate of drug-likeness (QED) is 0.504. The highest BCUT2D eigenvalue weighted by atomic mass is 16.3. The number of nitrogens with zero attached hydrogens (tertiary/aromatic N) is 1. The van der Waals surface area contributed by atoms with Gasteiger partial charge in [-0.25, -0.2) is 4.79 Å². The number of furan rings is 1. The fraction of sp³-hybridized carbons (Fsp3) is 0.240. The summed E-state index contributed by atoms with van der Waals surface area (Å²) in [7, 11) is 0. The molecule has 33 heavy (non-hydrogen) atoms. The van der Waals surface area contributed by atoms with Crippen LogP contribution in [0.15, 0.2) is 77.4 Å². The lowest BCUT2D eigenvalue weighted by Crippen LogP contribution is -2.43. The molecule has 0 radical (unpaired) electrons. The number of carbonyl (C=O) groups excluding carboxylic acids is 3. The topological polar surface area (TPSA) is 104 Å². The zero-order chi connectivity index (χ0) is 23.0. The van der Waals surface area contributed by atoms with E-state index >= 15 is 0 Å². The molecule has 2 heterocycles. The van der Waals surface area contributed by atoms with Crippen molar-refractivity contribution in [1.82, 2.24) is 10.2 Å². The monoisotopic (exact) mass is 446 g/mol. The van der Waals surface area contributed by atoms with Crippen molar-refractivity contribution in [2.24, 2.45) is 0 Å². The number of urea groups is 1. The third kappa shape index (κ3) is 5.79. The van der Waals surface area contributed by atoms with Gasteiger partial charge >= 0.3 is 6.03 Å². The number of hydrogen-bond donors (Lipinski definition) is 3. The molecule has 1 fully saturated rings. The Morgan fingerprint density at radius 2 is 1.64 bits per heavy atom. The van der Waals surface area contributed by atoms with Crippen LogP contribution in [0, 0.1) is 0 Å². The van der Waals surface area contributed by atoms with Crippen molar-refractivity contribution in [3.05, 3.63) is 84.3 Å². The molecular formula is C25H26N4O4. The van der Waals surface area contributed by atoms with Gasteiger partial charge in [0.2, 0.25) is 5.91 Å². The summed E-state index contributed by atoms with van der Waals surface area (Å²) in [5, 5.41) is 8.35. The van der Waals surface area contributed by atoms with Crippen LogP contribution in [-0.4, -0.2) is 29.3 Å². The van der Waals surface area contributed by atoms with Crippen molar-refractivity contribution in [2.45, 2.75) is 31.8 Å². The van der Waals surface area contributed by atoms with Crippen LogP contribution >= 0.6 is 0 Å². The second-order valence-corrected chi connectivity index (χ2v) is 7.81. The Bertz CT molecular complexity index is 1080. The number of carbonyl (C=O) groups is 3. The van der Waals surface area contributed by atoms with Gasteiger partial charge in [-0.3, -0.25) is 9.59 Å². The van der Waals surface area contributed by atoms with Crippen molar-refractivity contribution in [3.63, 3.8) is 0 Å². The lowest BCUT2D eigenvalue weighted by molar-refractivity contribution is -0.141. The van der Waals surface area contributed by atoms with Crippen LogP contribution < -0.4 is 16.0 Å². The summed E-state index contributed by atoms with van der Waals surface area (Å²) in [5.74, 6) is 0.377. The Morgan fingerprint density at radius 3 is 2.30 bits per heavy atom. The van der Waals surface area contributed by atoms with Crippen LogP contribution in [0.25, 0.3) is 0 Å². The predicted octanol–water partition coefficient (Wildman–Crippen LogP) is 4.29. The molecule has 4 amide bonds. The lowest BCUT2D eigenvalue weighted by atomic mass is 10.0. The van der Waals surface area contributed by atoms with E-state index in [1.807, 2.05) is 30.3 Å². The number of piperidine rings is 1. The van der Waals surface area contributed by atoms with E-state index in [4.69, 9.17) is 4.42 Å². The van der Waals surface area contributed by atoms with E-state index < -0.39 is 6.04 Å². The van der Waals surface area contributed by atoms with Gasteiger partial charge in [-0.05, 0) is 54.8 Å². The van der Waals surface area contributed by atoms with Gasteiger partial charge in [-0.2, -0.15) is 0 Å². The molecular weight excluding hydrogens is 420 g/mol. The number of likely N-dealkylation sites (tertiary alicyclic amines) is 1. The van der Waals surface area contributed by atoms with Gasteiger partial charge in [0.15, 0.2) is 0 Å². The summed E-state index contributed by atoms with van der Waals surface area (Å²) in [4.78, 5) is 39.5. The van der Waals surface area contributed by atoms with E-state index in [2.05, 4.69) is 16.0 Å². The number of hydrogen-bond acceptors (Lipinski definition) is 4. The van der Waals surface area contributed by atoms with Gasteiger partial charge < -0.3 is 25.3 Å². The molecule has 1 aliphatic heterocycles. The Balaban J connectivity index is 1.39. The van der Waals surface area contributed by atoms with Crippen LogP contribution in [0.2, 0.25) is 0 Å². The second kappa shape index (κ2) is 10.5. The van der Waals surface area contributed by atoms with Crippen LogP contribution in [0.1, 0.15) is 36.6 Å². The number of amides is 4. The first-order chi connectivity index (χ1) is 16.1. The summed E-state index contributed by atoms with van der Waals surface area (Å²) < 4.78 is 5.18. The Morgan fingerprint density at radius 1 is 0.909 bits per heavy atom. The molecule has 0 bridgehead atoms. The number of rotatable bonds is 7. The summed E-state index contributed by atoms with van der Waals surface area (Å²) in [6.07, 6.45) is 3.73. The van der Waals surface area contributed by atoms with E-state index in [-0.39, 0.29) is 24.4 Å². The normalized spacial score (nSPS) is 14.4. The van der Waals surface area contributed by atoms with Gasteiger partial charge in [0.25, 0.3) is 5.91 Å². The zero-order valence-corrected chi connectivity index (χ0v) is 18.1.